The maximum atomic E-state index is 11.8. The third kappa shape index (κ3) is 6.22. The molecule has 0 unspecified atom stereocenters. The summed E-state index contributed by atoms with van der Waals surface area (Å²) in [7, 11) is 1.76. The Balaban J connectivity index is 1.47. The highest BCUT2D eigenvalue weighted by Crippen LogP contribution is 2.14. The van der Waals surface area contributed by atoms with Crippen molar-refractivity contribution in [3.8, 4) is 0 Å². The van der Waals surface area contributed by atoms with Crippen molar-refractivity contribution in [3.05, 3.63) is 105 Å². The second-order valence-corrected chi connectivity index (χ2v) is 7.08. The number of aliphatic imine (C=N–C) groups is 1. The van der Waals surface area contributed by atoms with E-state index >= 15 is 0 Å². The molecule has 0 amide bonds. The van der Waals surface area contributed by atoms with Gasteiger partial charge in [0.2, 0.25) is 0 Å². The predicted octanol–water partition coefficient (Wildman–Crippen LogP) is 3.46. The van der Waals surface area contributed by atoms with E-state index in [-0.39, 0.29) is 5.56 Å². The van der Waals surface area contributed by atoms with E-state index in [0.29, 0.717) is 13.1 Å². The van der Waals surface area contributed by atoms with Gasteiger partial charge in [-0.1, -0.05) is 60.1 Å². The Morgan fingerprint density at radius 2 is 1.69 bits per heavy atom. The SMILES string of the molecule is CN=C(NCCc1ccccc1Cl)NCc1ccc(Cn2ccccc2=O)cc1. The standard InChI is InChI=1S/C23H25ClN4O/c1-25-23(26-14-13-20-6-2-3-7-21(20)24)27-16-18-9-11-19(12-10-18)17-28-15-5-4-8-22(28)29/h2-12,15H,13-14,16-17H2,1H3,(H2,25,26,27). The molecule has 0 aliphatic heterocycles. The van der Waals surface area contributed by atoms with Crippen LogP contribution in [0.5, 0.6) is 0 Å². The van der Waals surface area contributed by atoms with Gasteiger partial charge in [0, 0.05) is 37.4 Å². The first-order chi connectivity index (χ1) is 14.2. The monoisotopic (exact) mass is 408 g/mol. The smallest absolute Gasteiger partial charge is 0.250 e. The van der Waals surface area contributed by atoms with Crippen molar-refractivity contribution in [2.24, 2.45) is 4.99 Å². The molecule has 0 saturated carbocycles. The van der Waals surface area contributed by atoms with Crippen LogP contribution in [0.1, 0.15) is 16.7 Å². The second kappa shape index (κ2) is 10.5. The molecule has 29 heavy (non-hydrogen) atoms. The van der Waals surface area contributed by atoms with Gasteiger partial charge in [-0.3, -0.25) is 9.79 Å². The minimum absolute atomic E-state index is 0.00454. The quantitative estimate of drug-likeness (QED) is 0.465. The number of pyridine rings is 1. The predicted molar refractivity (Wildman–Crippen MR) is 120 cm³/mol. The number of hydrogen-bond acceptors (Lipinski definition) is 2. The third-order valence-electron chi connectivity index (χ3n) is 4.60. The zero-order chi connectivity index (χ0) is 20.5. The Labute approximate surface area is 176 Å². The van der Waals surface area contributed by atoms with Crippen molar-refractivity contribution < 1.29 is 0 Å². The van der Waals surface area contributed by atoms with Crippen LogP contribution in [0.25, 0.3) is 0 Å². The van der Waals surface area contributed by atoms with Crippen molar-refractivity contribution in [1.82, 2.24) is 15.2 Å². The van der Waals surface area contributed by atoms with E-state index in [1.165, 1.54) is 0 Å². The van der Waals surface area contributed by atoms with Crippen LogP contribution in [-0.2, 0) is 19.5 Å². The van der Waals surface area contributed by atoms with Gasteiger partial charge in [0.05, 0.1) is 6.54 Å². The van der Waals surface area contributed by atoms with Crippen LogP contribution in [-0.4, -0.2) is 24.1 Å². The summed E-state index contributed by atoms with van der Waals surface area (Å²) in [6, 6.07) is 21.3. The van der Waals surface area contributed by atoms with Crippen LogP contribution in [0.3, 0.4) is 0 Å². The molecular formula is C23H25ClN4O. The van der Waals surface area contributed by atoms with E-state index in [4.69, 9.17) is 11.6 Å². The van der Waals surface area contributed by atoms with E-state index in [9.17, 15) is 4.79 Å². The van der Waals surface area contributed by atoms with Crippen molar-refractivity contribution in [1.29, 1.82) is 0 Å². The van der Waals surface area contributed by atoms with Crippen LogP contribution in [0, 0.1) is 0 Å². The molecule has 0 aliphatic carbocycles. The summed E-state index contributed by atoms with van der Waals surface area (Å²) >= 11 is 6.19. The minimum Gasteiger partial charge on any atom is -0.356 e. The molecule has 0 spiro atoms. The number of nitrogens with one attached hydrogen (secondary N) is 2. The van der Waals surface area contributed by atoms with Gasteiger partial charge in [0.15, 0.2) is 5.96 Å². The number of rotatable bonds is 7. The summed E-state index contributed by atoms with van der Waals surface area (Å²) in [6.45, 7) is 1.98. The van der Waals surface area contributed by atoms with Crippen LogP contribution < -0.4 is 16.2 Å². The zero-order valence-electron chi connectivity index (χ0n) is 16.4. The maximum Gasteiger partial charge on any atom is 0.250 e. The van der Waals surface area contributed by atoms with Crippen LogP contribution in [0.4, 0.5) is 0 Å². The fraction of sp³-hybridized carbons (Fsp3) is 0.217. The summed E-state index contributed by atoms with van der Waals surface area (Å²) in [5.74, 6) is 0.747. The molecule has 2 N–H and O–H groups in total. The molecular weight excluding hydrogens is 384 g/mol. The van der Waals surface area contributed by atoms with Gasteiger partial charge in [-0.25, -0.2) is 0 Å². The normalized spacial score (nSPS) is 11.3. The number of aromatic nitrogens is 1. The molecule has 2 aromatic carbocycles. The fourth-order valence-electron chi connectivity index (χ4n) is 2.97. The van der Waals surface area contributed by atoms with E-state index < -0.39 is 0 Å². The largest absolute Gasteiger partial charge is 0.356 e. The summed E-state index contributed by atoms with van der Waals surface area (Å²) in [5.41, 5.74) is 3.35. The van der Waals surface area contributed by atoms with Gasteiger partial charge in [-0.2, -0.15) is 0 Å². The number of hydrogen-bond donors (Lipinski definition) is 2. The summed E-state index contributed by atoms with van der Waals surface area (Å²) in [4.78, 5) is 16.1. The Morgan fingerprint density at radius 1 is 0.966 bits per heavy atom. The first-order valence-electron chi connectivity index (χ1n) is 9.57. The molecule has 3 aromatic rings. The van der Waals surface area contributed by atoms with Gasteiger partial charge in [0.25, 0.3) is 5.56 Å². The Kier molecular flexibility index (Phi) is 7.47. The van der Waals surface area contributed by atoms with Gasteiger partial charge in [0.1, 0.15) is 0 Å². The molecule has 150 valence electrons. The molecule has 0 aliphatic rings. The molecule has 0 saturated heterocycles. The summed E-state index contributed by atoms with van der Waals surface area (Å²) in [5, 5.41) is 7.41. The highest BCUT2D eigenvalue weighted by Gasteiger charge is 2.02. The lowest BCUT2D eigenvalue weighted by Gasteiger charge is -2.13. The number of halogens is 1. The Morgan fingerprint density at radius 3 is 2.41 bits per heavy atom. The Hall–Kier alpha value is -3.05. The lowest BCUT2D eigenvalue weighted by Crippen LogP contribution is -2.37. The highest BCUT2D eigenvalue weighted by atomic mass is 35.5. The van der Waals surface area contributed by atoms with Crippen molar-refractivity contribution >= 4 is 17.6 Å². The van der Waals surface area contributed by atoms with Gasteiger partial charge in [-0.05, 0) is 35.2 Å². The van der Waals surface area contributed by atoms with Gasteiger partial charge < -0.3 is 15.2 Å². The van der Waals surface area contributed by atoms with Gasteiger partial charge in [-0.15, -0.1) is 0 Å². The lowest BCUT2D eigenvalue weighted by molar-refractivity contribution is 0.758. The van der Waals surface area contributed by atoms with Crippen molar-refractivity contribution in [2.45, 2.75) is 19.5 Å². The van der Waals surface area contributed by atoms with E-state index in [1.54, 1.807) is 29.9 Å². The lowest BCUT2D eigenvalue weighted by atomic mass is 10.1. The van der Waals surface area contributed by atoms with E-state index in [0.717, 1.165) is 40.6 Å². The summed E-state index contributed by atoms with van der Waals surface area (Å²) in [6.07, 6.45) is 2.63. The maximum absolute atomic E-state index is 11.8. The van der Waals surface area contributed by atoms with Crippen LogP contribution in [0.2, 0.25) is 5.02 Å². The second-order valence-electron chi connectivity index (χ2n) is 6.68. The van der Waals surface area contributed by atoms with E-state index in [2.05, 4.69) is 27.8 Å². The van der Waals surface area contributed by atoms with Crippen molar-refractivity contribution in [3.63, 3.8) is 0 Å². The molecule has 0 bridgehead atoms. The van der Waals surface area contributed by atoms with Crippen molar-refractivity contribution in [2.75, 3.05) is 13.6 Å². The molecule has 0 radical (unpaired) electrons. The first-order valence-corrected chi connectivity index (χ1v) is 9.95. The first kappa shape index (κ1) is 20.7. The van der Waals surface area contributed by atoms with Crippen LogP contribution >= 0.6 is 11.6 Å². The molecule has 1 aromatic heterocycles. The number of nitrogens with zero attached hydrogens (tertiary/aromatic N) is 2. The van der Waals surface area contributed by atoms with Crippen LogP contribution in [0.15, 0.2) is 82.7 Å². The molecule has 5 nitrogen and oxygen atoms in total. The summed E-state index contributed by atoms with van der Waals surface area (Å²) < 4.78 is 1.69. The molecule has 1 heterocycles. The minimum atomic E-state index is 0.00454. The molecule has 0 atom stereocenters. The third-order valence-corrected chi connectivity index (χ3v) is 4.97. The Bertz CT molecular complexity index is 1010. The number of guanidine groups is 1. The average Bonchev–Trinajstić information content (AvgIpc) is 2.74. The molecule has 6 heteroatoms. The van der Waals surface area contributed by atoms with Gasteiger partial charge >= 0.3 is 0 Å². The fourth-order valence-corrected chi connectivity index (χ4v) is 3.20. The topological polar surface area (TPSA) is 58.4 Å². The number of benzene rings is 2. The highest BCUT2D eigenvalue weighted by molar-refractivity contribution is 6.31. The molecule has 3 rings (SSSR count). The average molecular weight is 409 g/mol. The zero-order valence-corrected chi connectivity index (χ0v) is 17.2. The van der Waals surface area contributed by atoms with E-state index in [1.807, 2.05) is 42.5 Å². The molecule has 0 fully saturated rings.